The predicted molar refractivity (Wildman–Crippen MR) is 46.5 cm³/mol. The van der Waals surface area contributed by atoms with E-state index in [9.17, 15) is 21.6 Å². The molecule has 2 N–H and O–H groups in total. The zero-order valence-corrected chi connectivity index (χ0v) is 8.22. The molecule has 0 bridgehead atoms. The third kappa shape index (κ3) is 2.61. The Hall–Kier alpha value is -1.25. The van der Waals surface area contributed by atoms with Crippen molar-refractivity contribution in [3.63, 3.8) is 0 Å². The van der Waals surface area contributed by atoms with E-state index in [0.717, 1.165) is 4.57 Å². The number of hydrogen-bond donors (Lipinski definition) is 1. The minimum absolute atomic E-state index is 0.0209. The highest BCUT2D eigenvalue weighted by Gasteiger charge is 2.44. The number of aryl methyl sites for hydroxylation is 1. The molecule has 0 fully saturated rings. The van der Waals surface area contributed by atoms with Gasteiger partial charge >= 0.3 is 5.51 Å². The first-order valence-electron chi connectivity index (χ1n) is 3.79. The average Bonchev–Trinajstić information content (AvgIpc) is 2.46. The Morgan fingerprint density at radius 2 is 2.07 bits per heavy atom. The third-order valence-corrected chi connectivity index (χ3v) is 3.13. The Bertz CT molecular complexity index is 437. The summed E-state index contributed by atoms with van der Waals surface area (Å²) in [7, 11) is -5.09. The van der Waals surface area contributed by atoms with Crippen LogP contribution in [0.5, 0.6) is 0 Å². The predicted octanol–water partition coefficient (Wildman–Crippen LogP) is 0.400. The van der Waals surface area contributed by atoms with E-state index in [1.54, 1.807) is 0 Å². The Morgan fingerprint density at radius 1 is 1.47 bits per heavy atom. The highest BCUT2D eigenvalue weighted by Crippen LogP contribution is 2.23. The van der Waals surface area contributed by atoms with Crippen LogP contribution in [-0.2, 0) is 16.4 Å². The van der Waals surface area contributed by atoms with E-state index in [1.807, 2.05) is 0 Å². The fourth-order valence-electron chi connectivity index (χ4n) is 0.864. The van der Waals surface area contributed by atoms with Crippen molar-refractivity contribution in [2.45, 2.75) is 12.1 Å². The maximum atomic E-state index is 11.9. The molecule has 0 aliphatic carbocycles. The summed E-state index contributed by atoms with van der Waals surface area (Å²) in [4.78, 5) is 3.54. The van der Waals surface area contributed by atoms with E-state index >= 15 is 0 Å². The fraction of sp³-hybridized carbons (Fsp3) is 0.500. The lowest BCUT2D eigenvalue weighted by Gasteiger charge is -2.08. The van der Waals surface area contributed by atoms with Crippen LogP contribution in [0.15, 0.2) is 12.4 Å². The van der Waals surface area contributed by atoms with Gasteiger partial charge in [-0.25, -0.2) is 13.4 Å². The largest absolute Gasteiger partial charge is 0.497 e. The number of sulfone groups is 1. The molecule has 15 heavy (non-hydrogen) atoms. The molecule has 0 amide bonds. The molecule has 86 valence electrons. The van der Waals surface area contributed by atoms with Crippen LogP contribution >= 0.6 is 0 Å². The van der Waals surface area contributed by atoms with Gasteiger partial charge in [0.2, 0.25) is 9.84 Å². The summed E-state index contributed by atoms with van der Waals surface area (Å²) >= 11 is 0. The summed E-state index contributed by atoms with van der Waals surface area (Å²) in [5.74, 6) is -1.07. The lowest BCUT2D eigenvalue weighted by atomic mass is 10.7. The van der Waals surface area contributed by atoms with Crippen LogP contribution in [0.1, 0.15) is 0 Å². The zero-order chi connectivity index (χ0) is 11.7. The van der Waals surface area contributed by atoms with Gasteiger partial charge in [0.25, 0.3) is 0 Å². The molecule has 0 spiro atoms. The molecule has 0 saturated carbocycles. The van der Waals surface area contributed by atoms with Gasteiger partial charge in [0, 0.05) is 18.9 Å². The smallest absolute Gasteiger partial charge is 0.369 e. The van der Waals surface area contributed by atoms with E-state index in [-0.39, 0.29) is 12.5 Å². The number of aromatic nitrogens is 2. The number of nitrogens with two attached hydrogens (primary N) is 1. The first kappa shape index (κ1) is 11.8. The maximum absolute atomic E-state index is 11.9. The van der Waals surface area contributed by atoms with Crippen molar-refractivity contribution < 1.29 is 21.6 Å². The molecule has 1 aromatic rings. The van der Waals surface area contributed by atoms with Crippen LogP contribution in [0, 0.1) is 0 Å². The lowest BCUT2D eigenvalue weighted by Crippen LogP contribution is -2.28. The molecule has 0 atom stereocenters. The number of hydrogen-bond acceptors (Lipinski definition) is 4. The van der Waals surface area contributed by atoms with Gasteiger partial charge in [-0.3, -0.25) is 0 Å². The molecule has 0 unspecified atom stereocenters. The van der Waals surface area contributed by atoms with Gasteiger partial charge in [-0.1, -0.05) is 0 Å². The molecule has 0 saturated heterocycles. The summed E-state index contributed by atoms with van der Waals surface area (Å²) in [6.45, 7) is -0.367. The van der Waals surface area contributed by atoms with Gasteiger partial charge in [0.1, 0.15) is 0 Å². The van der Waals surface area contributed by atoms with Crippen molar-refractivity contribution in [2.24, 2.45) is 0 Å². The van der Waals surface area contributed by atoms with E-state index < -0.39 is 21.1 Å². The van der Waals surface area contributed by atoms with E-state index in [0.29, 0.717) is 0 Å². The summed E-state index contributed by atoms with van der Waals surface area (Å²) < 4.78 is 58.2. The van der Waals surface area contributed by atoms with E-state index in [4.69, 9.17) is 5.73 Å². The van der Waals surface area contributed by atoms with Crippen LogP contribution in [0.2, 0.25) is 0 Å². The second-order valence-electron chi connectivity index (χ2n) is 2.74. The topological polar surface area (TPSA) is 78.0 Å². The monoisotopic (exact) mass is 243 g/mol. The molecule has 0 aliphatic heterocycles. The quantitative estimate of drug-likeness (QED) is 0.833. The average molecular weight is 243 g/mol. The molecule has 0 aliphatic rings. The number of alkyl halides is 3. The van der Waals surface area contributed by atoms with Crippen LogP contribution in [-0.4, -0.2) is 29.2 Å². The summed E-state index contributed by atoms with van der Waals surface area (Å²) in [5, 5.41) is 0. The fourth-order valence-corrected chi connectivity index (χ4v) is 1.53. The van der Waals surface area contributed by atoms with Crippen LogP contribution < -0.4 is 5.73 Å². The van der Waals surface area contributed by atoms with Gasteiger partial charge in [0.05, 0.1) is 5.75 Å². The van der Waals surface area contributed by atoms with Gasteiger partial charge < -0.3 is 10.3 Å². The van der Waals surface area contributed by atoms with Crippen molar-refractivity contribution in [2.75, 3.05) is 11.5 Å². The van der Waals surface area contributed by atoms with Gasteiger partial charge in [0.15, 0.2) is 5.95 Å². The second-order valence-corrected chi connectivity index (χ2v) is 4.84. The molecular weight excluding hydrogens is 235 g/mol. The Labute approximate surface area is 83.6 Å². The normalized spacial score (nSPS) is 13.0. The standard InChI is InChI=1S/C6H8F3N3O2S/c7-6(8,9)15(13,14)4-3-12-2-1-11-5(12)10/h1-2H,3-4H2,(H2,10,11). The SMILES string of the molecule is Nc1nccn1CCS(=O)(=O)C(F)(F)F. The molecule has 9 heteroatoms. The molecule has 1 aromatic heterocycles. The Morgan fingerprint density at radius 3 is 2.47 bits per heavy atom. The van der Waals surface area contributed by atoms with Crippen molar-refractivity contribution in [1.29, 1.82) is 0 Å². The molecular formula is C6H8F3N3O2S. The number of imidazole rings is 1. The van der Waals surface area contributed by atoms with Crippen molar-refractivity contribution in [3.05, 3.63) is 12.4 Å². The van der Waals surface area contributed by atoms with Crippen LogP contribution in [0.25, 0.3) is 0 Å². The number of anilines is 1. The van der Waals surface area contributed by atoms with E-state index in [2.05, 4.69) is 4.98 Å². The van der Waals surface area contributed by atoms with Crippen molar-refractivity contribution in [1.82, 2.24) is 9.55 Å². The van der Waals surface area contributed by atoms with Crippen LogP contribution in [0.3, 0.4) is 0 Å². The summed E-state index contributed by atoms with van der Waals surface area (Å²) in [6.07, 6.45) is 2.58. The van der Waals surface area contributed by atoms with Gasteiger partial charge in [-0.15, -0.1) is 0 Å². The molecule has 0 radical (unpaired) electrons. The Kier molecular flexibility index (Phi) is 2.93. The minimum atomic E-state index is -5.22. The Balaban J connectivity index is 2.71. The summed E-state index contributed by atoms with van der Waals surface area (Å²) in [5.41, 5.74) is 0.0348. The highest BCUT2D eigenvalue weighted by molar-refractivity contribution is 7.92. The van der Waals surface area contributed by atoms with Gasteiger partial charge in [-0.05, 0) is 0 Å². The minimum Gasteiger partial charge on any atom is -0.369 e. The molecule has 5 nitrogen and oxygen atoms in total. The maximum Gasteiger partial charge on any atom is 0.497 e. The molecule has 1 rings (SSSR count). The zero-order valence-electron chi connectivity index (χ0n) is 7.40. The number of nitrogens with zero attached hydrogens (tertiary/aromatic N) is 2. The lowest BCUT2D eigenvalue weighted by molar-refractivity contribution is -0.0436. The van der Waals surface area contributed by atoms with Crippen molar-refractivity contribution in [3.8, 4) is 0 Å². The molecule has 0 aromatic carbocycles. The summed E-state index contributed by atoms with van der Waals surface area (Å²) in [6, 6.07) is 0. The first-order valence-corrected chi connectivity index (χ1v) is 5.45. The third-order valence-electron chi connectivity index (χ3n) is 1.70. The van der Waals surface area contributed by atoms with Crippen LogP contribution in [0.4, 0.5) is 19.1 Å². The van der Waals surface area contributed by atoms with Crippen molar-refractivity contribution >= 4 is 15.8 Å². The molecule has 1 heterocycles. The highest BCUT2D eigenvalue weighted by atomic mass is 32.2. The second kappa shape index (κ2) is 3.72. The number of rotatable bonds is 3. The number of nitrogen functional groups attached to an aromatic ring is 1. The first-order chi connectivity index (χ1) is 6.74. The number of halogens is 3. The van der Waals surface area contributed by atoms with E-state index in [1.165, 1.54) is 12.4 Å². The van der Waals surface area contributed by atoms with Gasteiger partial charge in [-0.2, -0.15) is 13.2 Å².